The highest BCUT2D eigenvalue weighted by Gasteiger charge is 2.55. The van der Waals surface area contributed by atoms with Crippen LogP contribution in [0.15, 0.2) is 59.6 Å². The monoisotopic (exact) mass is 517 g/mol. The van der Waals surface area contributed by atoms with Crippen molar-refractivity contribution in [3.05, 3.63) is 65.7 Å². The molecule has 0 bridgehead atoms. The maximum absolute atomic E-state index is 6.15. The second-order valence-electron chi connectivity index (χ2n) is 8.57. The fourth-order valence-corrected chi connectivity index (χ4v) is 5.23. The summed E-state index contributed by atoms with van der Waals surface area (Å²) in [4.78, 5) is 7.47. The molecular weight excluding hydrogens is 485 g/mol. The zero-order valence-corrected chi connectivity index (χ0v) is 20.0. The summed E-state index contributed by atoms with van der Waals surface area (Å²) >= 11 is 0. The Balaban J connectivity index is 0.00000218. The van der Waals surface area contributed by atoms with E-state index in [0.717, 1.165) is 68.5 Å². The lowest BCUT2D eigenvalue weighted by Crippen LogP contribution is -2.47. The van der Waals surface area contributed by atoms with Gasteiger partial charge >= 0.3 is 0 Å². The molecular formula is C25H32IN3O. The average Bonchev–Trinajstić information content (AvgIpc) is 3.30. The summed E-state index contributed by atoms with van der Waals surface area (Å²) in [6.45, 7) is 6.03. The highest BCUT2D eigenvalue weighted by atomic mass is 127. The largest absolute Gasteiger partial charge is 0.490 e. The minimum Gasteiger partial charge on any atom is -0.490 e. The number of hydrogen-bond acceptors (Lipinski definition) is 2. The highest BCUT2D eigenvalue weighted by molar-refractivity contribution is 14.0. The van der Waals surface area contributed by atoms with Crippen LogP contribution >= 0.6 is 24.0 Å². The van der Waals surface area contributed by atoms with E-state index in [9.17, 15) is 0 Å². The van der Waals surface area contributed by atoms with E-state index in [2.05, 4.69) is 41.4 Å². The Hall–Kier alpha value is -1.76. The molecule has 1 aliphatic heterocycles. The molecule has 0 amide bonds. The number of nitrogens with zero attached hydrogens (tertiary/aromatic N) is 2. The summed E-state index contributed by atoms with van der Waals surface area (Å²) in [5.74, 6) is 4.38. The van der Waals surface area contributed by atoms with E-state index in [-0.39, 0.29) is 24.0 Å². The molecule has 2 aromatic carbocycles. The van der Waals surface area contributed by atoms with Crippen LogP contribution < -0.4 is 10.1 Å². The van der Waals surface area contributed by atoms with Crippen LogP contribution in [0.5, 0.6) is 5.75 Å². The number of guanidine groups is 1. The van der Waals surface area contributed by atoms with Crippen molar-refractivity contribution < 1.29 is 4.74 Å². The zero-order valence-electron chi connectivity index (χ0n) is 17.7. The molecule has 0 spiro atoms. The number of likely N-dealkylation sites (tertiary alicyclic amines) is 1. The van der Waals surface area contributed by atoms with Gasteiger partial charge in [0, 0.05) is 39.0 Å². The number of aliphatic imine (C=N–C) groups is 1. The van der Waals surface area contributed by atoms with Gasteiger partial charge in [0.25, 0.3) is 0 Å². The minimum absolute atomic E-state index is 0. The van der Waals surface area contributed by atoms with Crippen molar-refractivity contribution >= 4 is 29.9 Å². The fraction of sp³-hybridized carbons (Fsp3) is 0.480. The highest BCUT2D eigenvalue weighted by Crippen LogP contribution is 2.61. The average molecular weight is 517 g/mol. The summed E-state index contributed by atoms with van der Waals surface area (Å²) in [6, 6.07) is 19.2. The van der Waals surface area contributed by atoms with E-state index in [1.54, 1.807) is 11.1 Å². The molecule has 1 saturated carbocycles. The van der Waals surface area contributed by atoms with Crippen LogP contribution in [0.4, 0.5) is 0 Å². The SMILES string of the molecule is CCNC(=NCC1C2Cc3ccccc3C12)N1CCC(Oc2ccccc2)CC1.I. The van der Waals surface area contributed by atoms with Crippen LogP contribution in [0.1, 0.15) is 36.8 Å². The number of halogens is 1. The van der Waals surface area contributed by atoms with E-state index in [1.807, 2.05) is 30.3 Å². The molecule has 2 aliphatic carbocycles. The topological polar surface area (TPSA) is 36.9 Å². The first-order chi connectivity index (χ1) is 14.3. The van der Waals surface area contributed by atoms with Crippen LogP contribution in [-0.2, 0) is 6.42 Å². The van der Waals surface area contributed by atoms with Crippen molar-refractivity contribution in [2.75, 3.05) is 26.2 Å². The van der Waals surface area contributed by atoms with Crippen molar-refractivity contribution in [3.63, 3.8) is 0 Å². The number of fused-ring (bicyclic) bond motifs is 3. The Morgan fingerprint density at radius 1 is 1.07 bits per heavy atom. The first-order valence-corrected chi connectivity index (χ1v) is 11.2. The molecule has 160 valence electrons. The standard InChI is InChI=1S/C25H31N3O.HI/c1-2-26-25(27-17-23-22-16-18-8-6-7-11-21(18)24(22)23)28-14-12-20(13-15-28)29-19-9-4-3-5-10-19;/h3-11,20,22-24H,2,12-17H2,1H3,(H,26,27);1H. The van der Waals surface area contributed by atoms with E-state index in [0.29, 0.717) is 6.10 Å². The number of ether oxygens (including phenoxy) is 1. The van der Waals surface area contributed by atoms with Crippen LogP contribution in [0.2, 0.25) is 0 Å². The minimum atomic E-state index is 0. The number of rotatable bonds is 5. The predicted molar refractivity (Wildman–Crippen MR) is 133 cm³/mol. The summed E-state index contributed by atoms with van der Waals surface area (Å²) in [6.07, 6.45) is 3.64. The summed E-state index contributed by atoms with van der Waals surface area (Å²) in [5.41, 5.74) is 3.15. The molecule has 5 rings (SSSR count). The van der Waals surface area contributed by atoms with E-state index < -0.39 is 0 Å². The first kappa shape index (κ1) is 21.5. The number of para-hydroxylation sites is 1. The molecule has 3 atom stereocenters. The van der Waals surface area contributed by atoms with Gasteiger partial charge in [0.15, 0.2) is 5.96 Å². The van der Waals surface area contributed by atoms with Gasteiger partial charge in [-0.2, -0.15) is 0 Å². The van der Waals surface area contributed by atoms with Crippen molar-refractivity contribution in [2.24, 2.45) is 16.8 Å². The lowest BCUT2D eigenvalue weighted by molar-refractivity contribution is 0.129. The van der Waals surface area contributed by atoms with E-state index in [4.69, 9.17) is 9.73 Å². The number of benzene rings is 2. The van der Waals surface area contributed by atoms with Crippen LogP contribution in [0, 0.1) is 11.8 Å². The van der Waals surface area contributed by atoms with Crippen LogP contribution in [0.3, 0.4) is 0 Å². The molecule has 2 fully saturated rings. The Labute approximate surface area is 197 Å². The Morgan fingerprint density at radius 2 is 1.80 bits per heavy atom. The van der Waals surface area contributed by atoms with Gasteiger partial charge in [-0.3, -0.25) is 4.99 Å². The van der Waals surface area contributed by atoms with Crippen LogP contribution in [-0.4, -0.2) is 43.1 Å². The lowest BCUT2D eigenvalue weighted by atomic mass is 10.0. The number of piperidine rings is 1. The zero-order chi connectivity index (χ0) is 19.6. The van der Waals surface area contributed by atoms with Crippen LogP contribution in [0.25, 0.3) is 0 Å². The molecule has 1 heterocycles. The smallest absolute Gasteiger partial charge is 0.193 e. The molecule has 0 radical (unpaired) electrons. The molecule has 3 unspecified atom stereocenters. The van der Waals surface area contributed by atoms with E-state index in [1.165, 1.54) is 6.42 Å². The Morgan fingerprint density at radius 3 is 2.57 bits per heavy atom. The maximum atomic E-state index is 6.15. The van der Waals surface area contributed by atoms with Crippen molar-refractivity contribution in [3.8, 4) is 5.75 Å². The summed E-state index contributed by atoms with van der Waals surface area (Å²) in [7, 11) is 0. The molecule has 5 heteroatoms. The van der Waals surface area contributed by atoms with Gasteiger partial charge in [-0.25, -0.2) is 0 Å². The summed E-state index contributed by atoms with van der Waals surface area (Å²) in [5, 5.41) is 3.52. The Bertz CT molecular complexity index is 864. The van der Waals surface area contributed by atoms with Gasteiger partial charge in [0.1, 0.15) is 11.9 Å². The van der Waals surface area contributed by atoms with Gasteiger partial charge in [-0.15, -0.1) is 24.0 Å². The second kappa shape index (κ2) is 9.58. The number of hydrogen-bond donors (Lipinski definition) is 1. The second-order valence-corrected chi connectivity index (χ2v) is 8.57. The van der Waals surface area contributed by atoms with Gasteiger partial charge < -0.3 is 15.0 Å². The van der Waals surface area contributed by atoms with E-state index >= 15 is 0 Å². The molecule has 1 saturated heterocycles. The quantitative estimate of drug-likeness (QED) is 0.355. The van der Waals surface area contributed by atoms with Gasteiger partial charge in [-0.1, -0.05) is 42.5 Å². The van der Waals surface area contributed by atoms with Gasteiger partial charge in [0.05, 0.1) is 0 Å². The normalized spacial score (nSPS) is 25.2. The third kappa shape index (κ3) is 4.46. The fourth-order valence-electron chi connectivity index (χ4n) is 5.23. The van der Waals surface area contributed by atoms with Gasteiger partial charge in [0.2, 0.25) is 0 Å². The molecule has 4 nitrogen and oxygen atoms in total. The first-order valence-electron chi connectivity index (χ1n) is 11.2. The van der Waals surface area contributed by atoms with Crippen molar-refractivity contribution in [2.45, 2.75) is 38.2 Å². The molecule has 1 N–H and O–H groups in total. The molecule has 3 aliphatic rings. The third-order valence-electron chi connectivity index (χ3n) is 6.78. The Kier molecular flexibility index (Phi) is 6.86. The van der Waals surface area contributed by atoms with Crippen molar-refractivity contribution in [1.82, 2.24) is 10.2 Å². The molecule has 30 heavy (non-hydrogen) atoms. The predicted octanol–water partition coefficient (Wildman–Crippen LogP) is 4.70. The maximum Gasteiger partial charge on any atom is 0.193 e. The van der Waals surface area contributed by atoms with Gasteiger partial charge in [-0.05, 0) is 54.4 Å². The summed E-state index contributed by atoms with van der Waals surface area (Å²) < 4.78 is 6.15. The van der Waals surface area contributed by atoms with Crippen molar-refractivity contribution in [1.29, 1.82) is 0 Å². The molecule has 2 aromatic rings. The lowest BCUT2D eigenvalue weighted by Gasteiger charge is -2.34. The number of nitrogens with one attached hydrogen (secondary N) is 1. The molecule has 0 aromatic heterocycles. The third-order valence-corrected chi connectivity index (χ3v) is 6.78.